The van der Waals surface area contributed by atoms with Crippen molar-refractivity contribution in [2.45, 2.75) is 25.8 Å². The summed E-state index contributed by atoms with van der Waals surface area (Å²) in [5.74, 6) is 0.965. The van der Waals surface area contributed by atoms with Crippen LogP contribution in [-0.4, -0.2) is 31.6 Å². The van der Waals surface area contributed by atoms with Gasteiger partial charge in [-0.25, -0.2) is 0 Å². The van der Waals surface area contributed by atoms with E-state index in [1.165, 1.54) is 6.20 Å². The molecule has 0 aliphatic rings. The average Bonchev–Trinajstić information content (AvgIpc) is 2.86. The second kappa shape index (κ2) is 3.77. The average molecular weight is 208 g/mol. The molecule has 0 spiro atoms. The van der Waals surface area contributed by atoms with Crippen LogP contribution in [-0.2, 0) is 0 Å². The number of hydrogen-bond donors (Lipinski definition) is 2. The van der Waals surface area contributed by atoms with Gasteiger partial charge < -0.3 is 10.3 Å². The van der Waals surface area contributed by atoms with Gasteiger partial charge in [-0.2, -0.15) is 20.4 Å². The highest BCUT2D eigenvalue weighted by atomic mass is 16.5. The number of nitrogens with one attached hydrogen (secondary N) is 1. The van der Waals surface area contributed by atoms with Gasteiger partial charge in [0.05, 0.1) is 12.1 Å². The number of aromatic nitrogens is 5. The molecule has 2 unspecified atom stereocenters. The number of H-pyrrole nitrogens is 1. The molecule has 7 heteroatoms. The van der Waals surface area contributed by atoms with E-state index in [1.54, 1.807) is 0 Å². The maximum atomic E-state index is 5.73. The van der Waals surface area contributed by atoms with E-state index in [0.29, 0.717) is 17.4 Å². The van der Waals surface area contributed by atoms with Crippen molar-refractivity contribution in [1.82, 2.24) is 25.6 Å². The fraction of sp³-hybridized carbons (Fsp3) is 0.500. The van der Waals surface area contributed by atoms with E-state index in [1.807, 2.05) is 13.8 Å². The first-order chi connectivity index (χ1) is 7.18. The van der Waals surface area contributed by atoms with E-state index >= 15 is 0 Å². The van der Waals surface area contributed by atoms with Crippen LogP contribution in [0.5, 0.6) is 0 Å². The second-order valence-electron chi connectivity index (χ2n) is 3.46. The zero-order chi connectivity index (χ0) is 10.8. The van der Waals surface area contributed by atoms with E-state index in [0.717, 1.165) is 0 Å². The zero-order valence-electron chi connectivity index (χ0n) is 8.51. The van der Waals surface area contributed by atoms with Crippen molar-refractivity contribution in [3.63, 3.8) is 0 Å². The highest BCUT2D eigenvalue weighted by Crippen LogP contribution is 2.18. The molecule has 0 amide bonds. The summed E-state index contributed by atoms with van der Waals surface area (Å²) in [5.41, 5.74) is 6.29. The first kappa shape index (κ1) is 9.78. The third-order valence-corrected chi connectivity index (χ3v) is 2.26. The minimum absolute atomic E-state index is 0.0261. The minimum atomic E-state index is -0.0318. The van der Waals surface area contributed by atoms with Gasteiger partial charge in [0, 0.05) is 6.04 Å². The number of nitrogens with zero attached hydrogens (tertiary/aromatic N) is 4. The Kier molecular flexibility index (Phi) is 2.46. The van der Waals surface area contributed by atoms with Crippen LogP contribution in [0.15, 0.2) is 10.7 Å². The lowest BCUT2D eigenvalue weighted by molar-refractivity contribution is 0.346. The van der Waals surface area contributed by atoms with Crippen molar-refractivity contribution in [3.8, 4) is 11.5 Å². The summed E-state index contributed by atoms with van der Waals surface area (Å²) in [6, 6.07) is -0.0318. The third kappa shape index (κ3) is 1.86. The smallest absolute Gasteiger partial charge is 0.231 e. The molecule has 80 valence electrons. The fourth-order valence-corrected chi connectivity index (χ4v) is 1.06. The van der Waals surface area contributed by atoms with Crippen molar-refractivity contribution in [2.75, 3.05) is 0 Å². The van der Waals surface area contributed by atoms with Crippen LogP contribution in [0.25, 0.3) is 11.5 Å². The van der Waals surface area contributed by atoms with Crippen molar-refractivity contribution >= 4 is 0 Å². The van der Waals surface area contributed by atoms with Crippen LogP contribution in [0, 0.1) is 0 Å². The highest BCUT2D eigenvalue weighted by molar-refractivity contribution is 5.44. The molecule has 2 heterocycles. The Morgan fingerprint density at radius 3 is 2.87 bits per heavy atom. The summed E-state index contributed by atoms with van der Waals surface area (Å²) in [4.78, 5) is 4.19. The van der Waals surface area contributed by atoms with E-state index in [4.69, 9.17) is 10.3 Å². The second-order valence-corrected chi connectivity index (χ2v) is 3.46. The molecule has 0 radical (unpaired) electrons. The topological polar surface area (TPSA) is 107 Å². The van der Waals surface area contributed by atoms with Crippen molar-refractivity contribution in [2.24, 2.45) is 5.73 Å². The Bertz CT molecular complexity index is 420. The Morgan fingerprint density at radius 2 is 2.27 bits per heavy atom. The molecule has 0 bridgehead atoms. The molecule has 2 rings (SSSR count). The summed E-state index contributed by atoms with van der Waals surface area (Å²) in [6.07, 6.45) is 1.53. The quantitative estimate of drug-likeness (QED) is 0.751. The number of hydrogen-bond acceptors (Lipinski definition) is 6. The summed E-state index contributed by atoms with van der Waals surface area (Å²) in [5, 5.41) is 13.8. The van der Waals surface area contributed by atoms with Crippen molar-refractivity contribution in [1.29, 1.82) is 0 Å². The van der Waals surface area contributed by atoms with Crippen LogP contribution < -0.4 is 5.73 Å². The molecular formula is C8H12N6O. The normalized spacial score (nSPS) is 15.1. The van der Waals surface area contributed by atoms with Gasteiger partial charge in [-0.1, -0.05) is 12.1 Å². The van der Waals surface area contributed by atoms with Gasteiger partial charge in [-0.05, 0) is 6.92 Å². The SMILES string of the molecule is CC(N)C(C)c1nc(-c2cn[nH]n2)no1. The van der Waals surface area contributed by atoms with Gasteiger partial charge in [0.1, 0.15) is 0 Å². The molecule has 15 heavy (non-hydrogen) atoms. The van der Waals surface area contributed by atoms with E-state index in [-0.39, 0.29) is 12.0 Å². The zero-order valence-corrected chi connectivity index (χ0v) is 8.51. The molecule has 0 saturated carbocycles. The third-order valence-electron chi connectivity index (χ3n) is 2.26. The maximum absolute atomic E-state index is 5.73. The van der Waals surface area contributed by atoms with Gasteiger partial charge in [-0.15, -0.1) is 0 Å². The molecule has 0 fully saturated rings. The molecule has 2 aromatic heterocycles. The van der Waals surface area contributed by atoms with Crippen LogP contribution in [0.1, 0.15) is 25.7 Å². The van der Waals surface area contributed by atoms with E-state index in [2.05, 4.69) is 25.6 Å². The summed E-state index contributed by atoms with van der Waals surface area (Å²) >= 11 is 0. The van der Waals surface area contributed by atoms with Gasteiger partial charge >= 0.3 is 0 Å². The van der Waals surface area contributed by atoms with Gasteiger partial charge in [0.2, 0.25) is 11.7 Å². The number of aromatic amines is 1. The Hall–Kier alpha value is -1.76. The minimum Gasteiger partial charge on any atom is -0.339 e. The Labute approximate surface area is 86.1 Å². The van der Waals surface area contributed by atoms with Crippen molar-refractivity contribution in [3.05, 3.63) is 12.1 Å². The number of nitrogens with two attached hydrogens (primary N) is 1. The standard InChI is InChI=1S/C8H12N6O/c1-4(5(2)9)8-11-7(13-15-8)6-3-10-14-12-6/h3-5H,9H2,1-2H3,(H,10,12,14). The van der Waals surface area contributed by atoms with Crippen LogP contribution in [0.3, 0.4) is 0 Å². The molecule has 0 aliphatic heterocycles. The lowest BCUT2D eigenvalue weighted by Crippen LogP contribution is -2.22. The molecule has 2 atom stereocenters. The fourth-order valence-electron chi connectivity index (χ4n) is 1.06. The largest absolute Gasteiger partial charge is 0.339 e. The Morgan fingerprint density at radius 1 is 1.47 bits per heavy atom. The first-order valence-corrected chi connectivity index (χ1v) is 4.64. The van der Waals surface area contributed by atoms with Gasteiger partial charge in [0.15, 0.2) is 5.69 Å². The van der Waals surface area contributed by atoms with Crippen LogP contribution in [0.4, 0.5) is 0 Å². The lowest BCUT2D eigenvalue weighted by Gasteiger charge is -2.08. The summed E-state index contributed by atoms with van der Waals surface area (Å²) in [7, 11) is 0. The van der Waals surface area contributed by atoms with Crippen LogP contribution >= 0.6 is 0 Å². The summed E-state index contributed by atoms with van der Waals surface area (Å²) in [6.45, 7) is 3.83. The van der Waals surface area contributed by atoms with Crippen molar-refractivity contribution < 1.29 is 4.52 Å². The molecule has 0 aliphatic carbocycles. The molecule has 7 nitrogen and oxygen atoms in total. The highest BCUT2D eigenvalue weighted by Gasteiger charge is 2.19. The maximum Gasteiger partial charge on any atom is 0.231 e. The monoisotopic (exact) mass is 208 g/mol. The molecule has 3 N–H and O–H groups in total. The number of rotatable bonds is 3. The molecule has 0 saturated heterocycles. The van der Waals surface area contributed by atoms with Gasteiger partial charge in [-0.3, -0.25) is 0 Å². The molecular weight excluding hydrogens is 196 g/mol. The lowest BCUT2D eigenvalue weighted by atomic mass is 10.1. The van der Waals surface area contributed by atoms with Gasteiger partial charge in [0.25, 0.3) is 0 Å². The Balaban J connectivity index is 2.25. The molecule has 0 aromatic carbocycles. The van der Waals surface area contributed by atoms with E-state index < -0.39 is 0 Å². The predicted molar refractivity (Wildman–Crippen MR) is 51.7 cm³/mol. The first-order valence-electron chi connectivity index (χ1n) is 4.64. The summed E-state index contributed by atoms with van der Waals surface area (Å²) < 4.78 is 5.09. The molecule has 2 aromatic rings. The predicted octanol–water partition coefficient (Wildman–Crippen LogP) is 0.305. The van der Waals surface area contributed by atoms with Crippen LogP contribution in [0.2, 0.25) is 0 Å². The van der Waals surface area contributed by atoms with E-state index in [9.17, 15) is 0 Å².